The molecular weight excluding hydrogens is 247 g/mol. The molecule has 0 spiro atoms. The number of methoxy groups -OCH3 is 1. The number of hydrogen-bond donors (Lipinski definition) is 0. The number of carbonyl (C=O) groups excluding carboxylic acids is 2. The molecule has 0 unspecified atom stereocenters. The Morgan fingerprint density at radius 2 is 2.14 bits per heavy atom. The minimum atomic E-state index is -0.533. The van der Waals surface area contributed by atoms with E-state index in [2.05, 4.69) is 4.74 Å². The van der Waals surface area contributed by atoms with Gasteiger partial charge >= 0.3 is 5.97 Å². The Morgan fingerprint density at radius 3 is 2.57 bits per heavy atom. The number of rotatable bonds is 3. The second-order valence-electron chi connectivity index (χ2n) is 2.28. The summed E-state index contributed by atoms with van der Waals surface area (Å²) in [7, 11) is 1.25. The fourth-order valence-electron chi connectivity index (χ4n) is 0.755. The second-order valence-corrected chi connectivity index (χ2v) is 3.99. The standard InChI is InChI=1S/C8H7ClO3S.ClH/c1-12-8(11)4-5(10)6-2-3-7(9)13-6;/h2-3H,4H2,1H3;1H. The van der Waals surface area contributed by atoms with Gasteiger partial charge in [0.25, 0.3) is 0 Å². The van der Waals surface area contributed by atoms with E-state index in [1.807, 2.05) is 0 Å². The lowest BCUT2D eigenvalue weighted by molar-refractivity contribution is -0.139. The lowest BCUT2D eigenvalue weighted by Crippen LogP contribution is -2.07. The summed E-state index contributed by atoms with van der Waals surface area (Å²) in [5.74, 6) is -0.793. The van der Waals surface area contributed by atoms with E-state index in [0.717, 1.165) is 11.3 Å². The lowest BCUT2D eigenvalue weighted by Gasteiger charge is -1.95. The molecule has 0 aliphatic heterocycles. The quantitative estimate of drug-likeness (QED) is 0.473. The van der Waals surface area contributed by atoms with Crippen molar-refractivity contribution in [3.8, 4) is 0 Å². The molecule has 0 saturated heterocycles. The predicted octanol–water partition coefficient (Wildman–Crippen LogP) is 2.57. The highest BCUT2D eigenvalue weighted by Crippen LogP contribution is 2.22. The minimum Gasteiger partial charge on any atom is -0.469 e. The number of esters is 1. The van der Waals surface area contributed by atoms with Crippen LogP contribution in [0, 0.1) is 0 Å². The Morgan fingerprint density at radius 1 is 1.50 bits per heavy atom. The van der Waals surface area contributed by atoms with Crippen LogP contribution in [0.1, 0.15) is 16.1 Å². The molecule has 0 amide bonds. The topological polar surface area (TPSA) is 43.4 Å². The van der Waals surface area contributed by atoms with Crippen molar-refractivity contribution in [3.05, 3.63) is 21.3 Å². The minimum absolute atomic E-state index is 0. The summed E-state index contributed by atoms with van der Waals surface area (Å²) in [6.07, 6.45) is -0.229. The SMILES string of the molecule is COC(=O)CC(=O)c1ccc(Cl)s1.Cl. The summed E-state index contributed by atoms with van der Waals surface area (Å²) >= 11 is 6.78. The van der Waals surface area contributed by atoms with Crippen LogP contribution in [0.4, 0.5) is 0 Å². The number of Topliss-reactive ketones (excluding diaryl/α,β-unsaturated/α-hetero) is 1. The van der Waals surface area contributed by atoms with E-state index in [4.69, 9.17) is 11.6 Å². The highest BCUT2D eigenvalue weighted by atomic mass is 35.5. The Hall–Kier alpha value is -0.580. The van der Waals surface area contributed by atoms with E-state index in [0.29, 0.717) is 9.21 Å². The smallest absolute Gasteiger partial charge is 0.313 e. The van der Waals surface area contributed by atoms with Gasteiger partial charge in [-0.25, -0.2) is 0 Å². The third kappa shape index (κ3) is 3.65. The van der Waals surface area contributed by atoms with Gasteiger partial charge < -0.3 is 4.74 Å². The Labute approximate surface area is 96.4 Å². The number of halogens is 2. The highest BCUT2D eigenvalue weighted by molar-refractivity contribution is 7.18. The van der Waals surface area contributed by atoms with Crippen molar-refractivity contribution in [2.24, 2.45) is 0 Å². The van der Waals surface area contributed by atoms with Gasteiger partial charge in [-0.3, -0.25) is 9.59 Å². The van der Waals surface area contributed by atoms with E-state index in [1.165, 1.54) is 7.11 Å². The first-order valence-electron chi connectivity index (χ1n) is 3.49. The maximum Gasteiger partial charge on any atom is 0.313 e. The molecule has 78 valence electrons. The second kappa shape index (κ2) is 6.01. The summed E-state index contributed by atoms with van der Waals surface area (Å²) in [5.41, 5.74) is 0. The van der Waals surface area contributed by atoms with Crippen LogP contribution in [0.5, 0.6) is 0 Å². The van der Waals surface area contributed by atoms with Crippen LogP contribution in [-0.4, -0.2) is 18.9 Å². The van der Waals surface area contributed by atoms with Crippen LogP contribution in [0.25, 0.3) is 0 Å². The maximum absolute atomic E-state index is 11.3. The molecule has 0 atom stereocenters. The van der Waals surface area contributed by atoms with Gasteiger partial charge in [-0.05, 0) is 12.1 Å². The van der Waals surface area contributed by atoms with Gasteiger partial charge in [0.05, 0.1) is 16.3 Å². The van der Waals surface area contributed by atoms with E-state index >= 15 is 0 Å². The molecule has 1 rings (SSSR count). The van der Waals surface area contributed by atoms with E-state index in [1.54, 1.807) is 12.1 Å². The van der Waals surface area contributed by atoms with Crippen molar-refractivity contribution >= 4 is 47.1 Å². The highest BCUT2D eigenvalue weighted by Gasteiger charge is 2.13. The van der Waals surface area contributed by atoms with Crippen molar-refractivity contribution in [1.82, 2.24) is 0 Å². The van der Waals surface area contributed by atoms with Crippen LogP contribution in [0.15, 0.2) is 12.1 Å². The Balaban J connectivity index is 0.00000169. The molecule has 1 aromatic rings. The first-order chi connectivity index (χ1) is 6.13. The Kier molecular flexibility index (Phi) is 5.76. The van der Waals surface area contributed by atoms with Gasteiger partial charge in [0.2, 0.25) is 0 Å². The van der Waals surface area contributed by atoms with Crippen LogP contribution >= 0.6 is 35.3 Å². The van der Waals surface area contributed by atoms with E-state index < -0.39 is 5.97 Å². The molecule has 0 aliphatic carbocycles. The average Bonchev–Trinajstić information content (AvgIpc) is 2.51. The summed E-state index contributed by atoms with van der Waals surface area (Å²) < 4.78 is 4.90. The predicted molar refractivity (Wildman–Crippen MR) is 57.5 cm³/mol. The third-order valence-electron chi connectivity index (χ3n) is 1.38. The number of ketones is 1. The number of carbonyl (C=O) groups is 2. The molecule has 0 bridgehead atoms. The molecule has 0 fully saturated rings. The first kappa shape index (κ1) is 13.4. The van der Waals surface area contributed by atoms with Gasteiger partial charge in [0, 0.05) is 0 Å². The van der Waals surface area contributed by atoms with Crippen LogP contribution in [0.2, 0.25) is 4.34 Å². The van der Waals surface area contributed by atoms with Gasteiger partial charge in [-0.2, -0.15) is 0 Å². The number of thiophene rings is 1. The van der Waals surface area contributed by atoms with Crippen molar-refractivity contribution in [2.45, 2.75) is 6.42 Å². The zero-order valence-electron chi connectivity index (χ0n) is 7.28. The molecule has 14 heavy (non-hydrogen) atoms. The van der Waals surface area contributed by atoms with Crippen molar-refractivity contribution in [2.75, 3.05) is 7.11 Å². The summed E-state index contributed by atoms with van der Waals surface area (Å²) in [4.78, 5) is 22.5. The molecule has 0 radical (unpaired) electrons. The van der Waals surface area contributed by atoms with E-state index in [-0.39, 0.29) is 24.6 Å². The van der Waals surface area contributed by atoms with Crippen LogP contribution in [0.3, 0.4) is 0 Å². The van der Waals surface area contributed by atoms with Crippen LogP contribution in [-0.2, 0) is 9.53 Å². The monoisotopic (exact) mass is 254 g/mol. The summed E-state index contributed by atoms with van der Waals surface area (Å²) in [5, 5.41) is 0. The molecule has 1 aromatic heterocycles. The average molecular weight is 255 g/mol. The summed E-state index contributed by atoms with van der Waals surface area (Å²) in [6.45, 7) is 0. The molecular formula is C8H8Cl2O3S. The van der Waals surface area contributed by atoms with Crippen LogP contribution < -0.4 is 0 Å². The van der Waals surface area contributed by atoms with Gasteiger partial charge in [0.1, 0.15) is 6.42 Å². The van der Waals surface area contributed by atoms with E-state index in [9.17, 15) is 9.59 Å². The van der Waals surface area contributed by atoms with Gasteiger partial charge in [-0.15, -0.1) is 23.7 Å². The van der Waals surface area contributed by atoms with Gasteiger partial charge in [0.15, 0.2) is 5.78 Å². The molecule has 6 heteroatoms. The molecule has 0 N–H and O–H groups in total. The lowest BCUT2D eigenvalue weighted by atomic mass is 10.2. The molecule has 0 aromatic carbocycles. The molecule has 0 saturated carbocycles. The van der Waals surface area contributed by atoms with Gasteiger partial charge in [-0.1, -0.05) is 11.6 Å². The zero-order valence-corrected chi connectivity index (χ0v) is 9.67. The molecule has 0 aliphatic rings. The molecule has 1 heterocycles. The first-order valence-corrected chi connectivity index (χ1v) is 4.68. The maximum atomic E-state index is 11.3. The normalized spacial score (nSPS) is 9.00. The fraction of sp³-hybridized carbons (Fsp3) is 0.250. The third-order valence-corrected chi connectivity index (χ3v) is 2.65. The van der Waals surface area contributed by atoms with Crippen molar-refractivity contribution < 1.29 is 14.3 Å². The number of hydrogen-bond acceptors (Lipinski definition) is 4. The molecule has 3 nitrogen and oxygen atoms in total. The largest absolute Gasteiger partial charge is 0.469 e. The zero-order chi connectivity index (χ0) is 9.84. The van der Waals surface area contributed by atoms with Crippen molar-refractivity contribution in [1.29, 1.82) is 0 Å². The Bertz CT molecular complexity index is 335. The summed E-state index contributed by atoms with van der Waals surface area (Å²) in [6, 6.07) is 3.22. The number of ether oxygens (including phenoxy) is 1. The fourth-order valence-corrected chi connectivity index (χ4v) is 1.74. The van der Waals surface area contributed by atoms with Crippen molar-refractivity contribution in [3.63, 3.8) is 0 Å².